The molecule has 1 heterocycles. The number of carbonyl (C=O) groups is 1. The summed E-state index contributed by atoms with van der Waals surface area (Å²) in [7, 11) is 0. The summed E-state index contributed by atoms with van der Waals surface area (Å²) in [4.78, 5) is 11.1. The van der Waals surface area contributed by atoms with Crippen LogP contribution in [0.4, 0.5) is 0 Å². The first-order valence-corrected chi connectivity index (χ1v) is 5.96. The summed E-state index contributed by atoms with van der Waals surface area (Å²) in [5.41, 5.74) is 0.137. The van der Waals surface area contributed by atoms with Gasteiger partial charge in [-0.05, 0) is 12.8 Å². The zero-order chi connectivity index (χ0) is 9.19. The van der Waals surface area contributed by atoms with Crippen molar-refractivity contribution in [3.63, 3.8) is 0 Å². The van der Waals surface area contributed by atoms with E-state index >= 15 is 0 Å². The standard InChI is InChI=1S/C9H15IO2/c1-3-9(4-2)5-8(11)12-7(9)6-10/h7H,3-6H2,1-2H3. The number of halogens is 1. The Morgan fingerprint density at radius 3 is 2.50 bits per heavy atom. The summed E-state index contributed by atoms with van der Waals surface area (Å²) in [5.74, 6) is -0.0135. The molecular weight excluding hydrogens is 267 g/mol. The molecule has 12 heavy (non-hydrogen) atoms. The van der Waals surface area contributed by atoms with Gasteiger partial charge in [0.25, 0.3) is 0 Å². The van der Waals surface area contributed by atoms with Gasteiger partial charge in [0.05, 0.1) is 6.42 Å². The van der Waals surface area contributed by atoms with Crippen molar-refractivity contribution in [1.82, 2.24) is 0 Å². The molecule has 0 N–H and O–H groups in total. The minimum absolute atomic E-state index is 0.0135. The van der Waals surface area contributed by atoms with Gasteiger partial charge >= 0.3 is 5.97 Å². The molecule has 1 fully saturated rings. The van der Waals surface area contributed by atoms with Crippen molar-refractivity contribution in [3.05, 3.63) is 0 Å². The monoisotopic (exact) mass is 282 g/mol. The second-order valence-electron chi connectivity index (χ2n) is 3.38. The molecule has 2 nitrogen and oxygen atoms in total. The lowest BCUT2D eigenvalue weighted by Gasteiger charge is -2.28. The van der Waals surface area contributed by atoms with Crippen LogP contribution in [0.2, 0.25) is 0 Å². The van der Waals surface area contributed by atoms with Gasteiger partial charge in [-0.25, -0.2) is 0 Å². The summed E-state index contributed by atoms with van der Waals surface area (Å²) < 4.78 is 6.18. The zero-order valence-corrected chi connectivity index (χ0v) is 9.76. The van der Waals surface area contributed by atoms with E-state index in [2.05, 4.69) is 36.4 Å². The second-order valence-corrected chi connectivity index (χ2v) is 4.26. The molecule has 0 radical (unpaired) electrons. The number of cyclic esters (lactones) is 1. The van der Waals surface area contributed by atoms with Crippen LogP contribution < -0.4 is 0 Å². The van der Waals surface area contributed by atoms with E-state index < -0.39 is 0 Å². The van der Waals surface area contributed by atoms with Crippen molar-refractivity contribution in [1.29, 1.82) is 0 Å². The minimum Gasteiger partial charge on any atom is -0.461 e. The number of carbonyl (C=O) groups excluding carboxylic acids is 1. The fraction of sp³-hybridized carbons (Fsp3) is 0.889. The van der Waals surface area contributed by atoms with E-state index in [1.165, 1.54) is 0 Å². The quantitative estimate of drug-likeness (QED) is 0.452. The average Bonchev–Trinajstić information content (AvgIpc) is 2.42. The zero-order valence-electron chi connectivity index (χ0n) is 7.60. The van der Waals surface area contributed by atoms with Crippen molar-refractivity contribution in [2.75, 3.05) is 4.43 Å². The molecule has 70 valence electrons. The molecule has 0 spiro atoms. The van der Waals surface area contributed by atoms with Crippen molar-refractivity contribution in [2.45, 2.75) is 39.2 Å². The average molecular weight is 282 g/mol. The number of rotatable bonds is 3. The molecule has 0 saturated carbocycles. The van der Waals surface area contributed by atoms with Gasteiger partial charge in [0.2, 0.25) is 0 Å². The van der Waals surface area contributed by atoms with Gasteiger partial charge in [-0.1, -0.05) is 36.4 Å². The Kier molecular flexibility index (Phi) is 3.37. The van der Waals surface area contributed by atoms with E-state index in [4.69, 9.17) is 4.74 Å². The van der Waals surface area contributed by atoms with Gasteiger partial charge in [-0.3, -0.25) is 4.79 Å². The first-order chi connectivity index (χ1) is 5.68. The molecule has 0 aromatic carbocycles. The lowest BCUT2D eigenvalue weighted by Crippen LogP contribution is -2.30. The molecule has 1 aliphatic heterocycles. The van der Waals surface area contributed by atoms with Gasteiger partial charge in [0.15, 0.2) is 0 Å². The molecule has 1 unspecified atom stereocenters. The van der Waals surface area contributed by atoms with Crippen molar-refractivity contribution < 1.29 is 9.53 Å². The number of esters is 1. The molecule has 1 saturated heterocycles. The van der Waals surface area contributed by atoms with Crippen LogP contribution in [0.25, 0.3) is 0 Å². The maximum Gasteiger partial charge on any atom is 0.306 e. The van der Waals surface area contributed by atoms with E-state index in [1.807, 2.05) is 0 Å². The number of alkyl halides is 1. The van der Waals surface area contributed by atoms with E-state index in [0.717, 1.165) is 17.3 Å². The van der Waals surface area contributed by atoms with E-state index in [9.17, 15) is 4.79 Å². The van der Waals surface area contributed by atoms with Crippen molar-refractivity contribution in [2.24, 2.45) is 5.41 Å². The Morgan fingerprint density at radius 2 is 2.17 bits per heavy atom. The third-order valence-electron chi connectivity index (χ3n) is 3.00. The Hall–Kier alpha value is 0.200. The molecule has 1 rings (SSSR count). The van der Waals surface area contributed by atoms with Crippen LogP contribution in [-0.4, -0.2) is 16.5 Å². The second kappa shape index (κ2) is 3.94. The summed E-state index contributed by atoms with van der Waals surface area (Å²) in [6.45, 7) is 4.29. The summed E-state index contributed by atoms with van der Waals surface area (Å²) in [5, 5.41) is 0. The molecule has 3 heteroatoms. The molecule has 0 aromatic heterocycles. The lowest BCUT2D eigenvalue weighted by molar-refractivity contribution is -0.140. The first-order valence-electron chi connectivity index (χ1n) is 4.44. The summed E-state index contributed by atoms with van der Waals surface area (Å²) in [6, 6.07) is 0. The summed E-state index contributed by atoms with van der Waals surface area (Å²) >= 11 is 2.29. The molecular formula is C9H15IO2. The van der Waals surface area contributed by atoms with Crippen LogP contribution in [0.15, 0.2) is 0 Å². The van der Waals surface area contributed by atoms with Gasteiger partial charge in [0, 0.05) is 9.84 Å². The van der Waals surface area contributed by atoms with E-state index in [0.29, 0.717) is 6.42 Å². The number of hydrogen-bond donors (Lipinski definition) is 0. The number of ether oxygens (including phenoxy) is 1. The topological polar surface area (TPSA) is 26.3 Å². The third-order valence-corrected chi connectivity index (χ3v) is 3.80. The fourth-order valence-electron chi connectivity index (χ4n) is 1.88. The van der Waals surface area contributed by atoms with Crippen LogP contribution in [0.1, 0.15) is 33.1 Å². The molecule has 1 aliphatic rings. The molecule has 0 bridgehead atoms. The van der Waals surface area contributed by atoms with Crippen LogP contribution in [0.5, 0.6) is 0 Å². The van der Waals surface area contributed by atoms with Gasteiger partial charge < -0.3 is 4.74 Å². The molecule has 1 atom stereocenters. The van der Waals surface area contributed by atoms with Crippen molar-refractivity contribution in [3.8, 4) is 0 Å². The fourth-order valence-corrected chi connectivity index (χ4v) is 2.99. The van der Waals surface area contributed by atoms with E-state index in [-0.39, 0.29) is 17.5 Å². The lowest BCUT2D eigenvalue weighted by atomic mass is 9.77. The normalized spacial score (nSPS) is 27.2. The van der Waals surface area contributed by atoms with Crippen molar-refractivity contribution >= 4 is 28.6 Å². The Morgan fingerprint density at radius 1 is 1.58 bits per heavy atom. The predicted molar refractivity (Wildman–Crippen MR) is 56.4 cm³/mol. The minimum atomic E-state index is -0.0135. The van der Waals surface area contributed by atoms with Gasteiger partial charge in [-0.2, -0.15) is 0 Å². The largest absolute Gasteiger partial charge is 0.461 e. The van der Waals surface area contributed by atoms with Gasteiger partial charge in [0.1, 0.15) is 6.10 Å². The number of hydrogen-bond acceptors (Lipinski definition) is 2. The van der Waals surface area contributed by atoms with Crippen LogP contribution in [0, 0.1) is 5.41 Å². The van der Waals surface area contributed by atoms with E-state index in [1.54, 1.807) is 0 Å². The van der Waals surface area contributed by atoms with Crippen LogP contribution in [0.3, 0.4) is 0 Å². The van der Waals surface area contributed by atoms with Crippen LogP contribution in [-0.2, 0) is 9.53 Å². The summed E-state index contributed by atoms with van der Waals surface area (Å²) in [6.07, 6.45) is 2.86. The highest BCUT2D eigenvalue weighted by Crippen LogP contribution is 2.42. The SMILES string of the molecule is CCC1(CC)CC(=O)OC1CI. The highest BCUT2D eigenvalue weighted by molar-refractivity contribution is 14.1. The van der Waals surface area contributed by atoms with Crippen LogP contribution >= 0.6 is 22.6 Å². The molecule has 0 aromatic rings. The smallest absolute Gasteiger partial charge is 0.306 e. The highest BCUT2D eigenvalue weighted by Gasteiger charge is 2.45. The predicted octanol–water partition coefficient (Wildman–Crippen LogP) is 2.54. The highest BCUT2D eigenvalue weighted by atomic mass is 127. The first kappa shape index (κ1) is 10.3. The van der Waals surface area contributed by atoms with Gasteiger partial charge in [-0.15, -0.1) is 0 Å². The maximum atomic E-state index is 11.1. The maximum absolute atomic E-state index is 11.1. The Balaban J connectivity index is 2.78. The molecule has 0 aliphatic carbocycles. The Bertz CT molecular complexity index is 175. The molecule has 0 amide bonds. The Labute approximate surface area is 87.2 Å². The third kappa shape index (κ3) is 1.60.